The number of hydrogen-bond donors (Lipinski definition) is 11. The monoisotopic (exact) mass is 545 g/mol. The van der Waals surface area contributed by atoms with Crippen LogP contribution in [0.15, 0.2) is 0 Å². The van der Waals surface area contributed by atoms with Gasteiger partial charge in [0.2, 0.25) is 5.91 Å². The summed E-state index contributed by atoms with van der Waals surface area (Å²) in [5.41, 5.74) is 0. The molecule has 3 saturated heterocycles. The molecule has 0 aromatic rings. The van der Waals surface area contributed by atoms with Crippen LogP contribution < -0.4 is 5.32 Å². The van der Waals surface area contributed by atoms with Gasteiger partial charge in [-0.05, 0) is 0 Å². The van der Waals surface area contributed by atoms with E-state index in [0.29, 0.717) is 0 Å². The predicted molar refractivity (Wildman–Crippen MR) is 113 cm³/mol. The lowest BCUT2D eigenvalue weighted by atomic mass is 9.96. The van der Waals surface area contributed by atoms with Gasteiger partial charge in [0.1, 0.15) is 73.2 Å². The lowest BCUT2D eigenvalue weighted by Crippen LogP contribution is -2.65. The Morgan fingerprint density at radius 3 is 1.97 bits per heavy atom. The maximum atomic E-state index is 11.5. The van der Waals surface area contributed by atoms with Crippen molar-refractivity contribution in [1.82, 2.24) is 5.32 Å². The van der Waals surface area contributed by atoms with E-state index in [0.717, 1.165) is 6.92 Å². The highest BCUT2D eigenvalue weighted by molar-refractivity contribution is 5.73. The van der Waals surface area contributed by atoms with E-state index in [4.69, 9.17) is 23.7 Å². The van der Waals surface area contributed by atoms with Crippen molar-refractivity contribution in [2.75, 3.05) is 19.8 Å². The third kappa shape index (κ3) is 6.38. The normalized spacial score (nSPS) is 47.5. The summed E-state index contributed by atoms with van der Waals surface area (Å²) >= 11 is 0. The van der Waals surface area contributed by atoms with Gasteiger partial charge in [0.15, 0.2) is 18.9 Å². The summed E-state index contributed by atoms with van der Waals surface area (Å²) in [6, 6.07) is -1.40. The number of carbonyl (C=O) groups is 1. The Bertz CT molecular complexity index is 745. The third-order valence-electron chi connectivity index (χ3n) is 6.47. The van der Waals surface area contributed by atoms with E-state index in [1.54, 1.807) is 0 Å². The second-order valence-electron chi connectivity index (χ2n) is 9.07. The highest BCUT2D eigenvalue weighted by Crippen LogP contribution is 2.34. The van der Waals surface area contributed by atoms with Gasteiger partial charge < -0.3 is 80.1 Å². The molecule has 17 heteroatoms. The van der Waals surface area contributed by atoms with Gasteiger partial charge in [-0.25, -0.2) is 0 Å². The van der Waals surface area contributed by atoms with Crippen LogP contribution in [-0.2, 0) is 28.5 Å². The van der Waals surface area contributed by atoms with Crippen LogP contribution in [0.1, 0.15) is 6.92 Å². The van der Waals surface area contributed by atoms with Crippen molar-refractivity contribution in [1.29, 1.82) is 0 Å². The Morgan fingerprint density at radius 1 is 0.784 bits per heavy atom. The summed E-state index contributed by atoms with van der Waals surface area (Å²) in [5, 5.41) is 103. The fraction of sp³-hybridized carbons (Fsp3) is 0.950. The molecule has 216 valence electrons. The zero-order valence-electron chi connectivity index (χ0n) is 19.7. The van der Waals surface area contributed by atoms with E-state index in [2.05, 4.69) is 5.32 Å². The van der Waals surface area contributed by atoms with Crippen molar-refractivity contribution in [3.8, 4) is 0 Å². The van der Waals surface area contributed by atoms with Gasteiger partial charge in [0.25, 0.3) is 0 Å². The molecule has 0 unspecified atom stereocenters. The van der Waals surface area contributed by atoms with E-state index < -0.39 is 118 Å². The largest absolute Gasteiger partial charge is 0.394 e. The average molecular weight is 545 g/mol. The van der Waals surface area contributed by atoms with Crippen molar-refractivity contribution in [2.45, 2.75) is 99.0 Å². The molecule has 37 heavy (non-hydrogen) atoms. The van der Waals surface area contributed by atoms with Gasteiger partial charge in [0, 0.05) is 6.92 Å². The summed E-state index contributed by atoms with van der Waals surface area (Å²) in [6.45, 7) is -1.28. The molecule has 0 spiro atoms. The molecule has 0 aromatic carbocycles. The van der Waals surface area contributed by atoms with E-state index in [1.165, 1.54) is 0 Å². The maximum Gasteiger partial charge on any atom is 0.217 e. The van der Waals surface area contributed by atoms with Gasteiger partial charge in [-0.2, -0.15) is 0 Å². The second-order valence-corrected chi connectivity index (χ2v) is 9.07. The number of rotatable bonds is 9. The van der Waals surface area contributed by atoms with Gasteiger partial charge >= 0.3 is 0 Å². The molecule has 1 amide bonds. The van der Waals surface area contributed by atoms with Crippen molar-refractivity contribution in [2.24, 2.45) is 0 Å². The number of carbonyl (C=O) groups excluding carboxylic acids is 1. The first-order chi connectivity index (χ1) is 17.4. The minimum atomic E-state index is -1.87. The summed E-state index contributed by atoms with van der Waals surface area (Å²) in [4.78, 5) is 11.5. The van der Waals surface area contributed by atoms with E-state index in [1.807, 2.05) is 0 Å². The summed E-state index contributed by atoms with van der Waals surface area (Å²) in [6.07, 6.45) is -23.1. The molecule has 3 fully saturated rings. The standard InChI is InChI=1S/C20H35NO16/c1-5(25)21-9-11(28)16(8(4-24)33-18(9)32)36-20-17(14(31)15(35-20)6(26)2-22)37-19-13(30)12(29)10(27)7(3-23)34-19/h6-20,22-24,26-32H,2-4H2,1H3,(H,21,25)/t6-,7-,8-,9-,10+,11-,12+,13-,14+,15+,16-,17-,18+,19+,20+/m1/s1. The lowest BCUT2D eigenvalue weighted by Gasteiger charge is -2.44. The van der Waals surface area contributed by atoms with Crippen LogP contribution >= 0.6 is 0 Å². The first kappa shape index (κ1) is 30.4. The average Bonchev–Trinajstić information content (AvgIpc) is 3.17. The highest BCUT2D eigenvalue weighted by Gasteiger charge is 2.55. The van der Waals surface area contributed by atoms with Crippen molar-refractivity contribution >= 4 is 5.91 Å². The van der Waals surface area contributed by atoms with Crippen LogP contribution in [0.4, 0.5) is 0 Å². The molecule has 0 aliphatic carbocycles. The zero-order chi connectivity index (χ0) is 27.6. The fourth-order valence-electron chi connectivity index (χ4n) is 4.47. The molecule has 0 radical (unpaired) electrons. The Labute approximate surface area is 210 Å². The van der Waals surface area contributed by atoms with Crippen LogP contribution in [0.3, 0.4) is 0 Å². The van der Waals surface area contributed by atoms with E-state index in [9.17, 15) is 55.9 Å². The Balaban J connectivity index is 1.85. The van der Waals surface area contributed by atoms with Gasteiger partial charge in [-0.1, -0.05) is 0 Å². The minimum absolute atomic E-state index is 0.629. The quantitative estimate of drug-likeness (QED) is 0.128. The van der Waals surface area contributed by atoms with Gasteiger partial charge in [-0.3, -0.25) is 4.79 Å². The Morgan fingerprint density at radius 2 is 1.41 bits per heavy atom. The number of amides is 1. The predicted octanol–water partition coefficient (Wildman–Crippen LogP) is -7.43. The Hall–Kier alpha value is -1.13. The van der Waals surface area contributed by atoms with Gasteiger partial charge in [0.05, 0.1) is 19.8 Å². The van der Waals surface area contributed by atoms with Crippen molar-refractivity contribution in [3.63, 3.8) is 0 Å². The fourth-order valence-corrected chi connectivity index (χ4v) is 4.47. The SMILES string of the molecule is CC(=O)N[C@@H]1[C@@H](O)[C@H](O[C@@H]2O[C@@H]([C@H](O)CO)[C@H](O)[C@H]2O[C@@H]2O[C@H](CO)[C@H](O)[C@H](O)[C@H]2O)[C@@H](CO)O[C@@H]1O. The topological polar surface area (TPSA) is 278 Å². The molecule has 3 rings (SSSR count). The van der Waals surface area contributed by atoms with Crippen LogP contribution in [0.25, 0.3) is 0 Å². The minimum Gasteiger partial charge on any atom is -0.394 e. The van der Waals surface area contributed by atoms with Crippen LogP contribution in [0.5, 0.6) is 0 Å². The van der Waals surface area contributed by atoms with E-state index in [-0.39, 0.29) is 0 Å². The van der Waals surface area contributed by atoms with E-state index >= 15 is 0 Å². The summed E-state index contributed by atoms with van der Waals surface area (Å²) < 4.78 is 27.3. The molecule has 3 heterocycles. The number of aliphatic hydroxyl groups excluding tert-OH is 10. The Kier molecular flexibility index (Phi) is 10.5. The van der Waals surface area contributed by atoms with Crippen LogP contribution in [-0.4, -0.2) is 169 Å². The smallest absolute Gasteiger partial charge is 0.217 e. The number of aliphatic hydroxyl groups is 10. The first-order valence-corrected chi connectivity index (χ1v) is 11.6. The van der Waals surface area contributed by atoms with Crippen molar-refractivity contribution in [3.05, 3.63) is 0 Å². The summed E-state index contributed by atoms with van der Waals surface area (Å²) in [5.74, 6) is -0.629. The van der Waals surface area contributed by atoms with Gasteiger partial charge in [-0.15, -0.1) is 0 Å². The molecule has 3 aliphatic heterocycles. The second kappa shape index (κ2) is 12.8. The molecular weight excluding hydrogens is 510 g/mol. The molecule has 11 N–H and O–H groups in total. The molecule has 17 nitrogen and oxygen atoms in total. The van der Waals surface area contributed by atoms with Crippen LogP contribution in [0.2, 0.25) is 0 Å². The number of hydrogen-bond acceptors (Lipinski definition) is 16. The summed E-state index contributed by atoms with van der Waals surface area (Å²) in [7, 11) is 0. The van der Waals surface area contributed by atoms with Crippen molar-refractivity contribution < 1.29 is 79.5 Å². The molecule has 3 aliphatic rings. The molecular formula is C20H35NO16. The third-order valence-corrected chi connectivity index (χ3v) is 6.47. The number of nitrogens with one attached hydrogen (secondary N) is 1. The molecule has 15 atom stereocenters. The zero-order valence-corrected chi connectivity index (χ0v) is 19.7. The molecule has 0 bridgehead atoms. The maximum absolute atomic E-state index is 11.5. The first-order valence-electron chi connectivity index (χ1n) is 11.6. The molecule has 0 saturated carbocycles. The molecule has 0 aromatic heterocycles. The highest BCUT2D eigenvalue weighted by atomic mass is 16.8. The lowest BCUT2D eigenvalue weighted by molar-refractivity contribution is -0.339. The number of ether oxygens (including phenoxy) is 5. The van der Waals surface area contributed by atoms with Crippen LogP contribution in [0, 0.1) is 0 Å².